The van der Waals surface area contributed by atoms with Crippen LogP contribution >= 0.6 is 15.9 Å². The SMILES string of the molecule is CCN1CCN(c2cc(C(F)(F)F)c(Br)cn2)CC1. The highest BCUT2D eigenvalue weighted by molar-refractivity contribution is 9.10. The zero-order valence-corrected chi connectivity index (χ0v) is 12.1. The van der Waals surface area contributed by atoms with E-state index in [0.717, 1.165) is 25.7 Å². The normalized spacial score (nSPS) is 17.8. The van der Waals surface area contributed by atoms with Crippen molar-refractivity contribution >= 4 is 21.7 Å². The van der Waals surface area contributed by atoms with Crippen LogP contribution in [0.3, 0.4) is 0 Å². The molecular formula is C12H15BrF3N3. The first-order valence-electron chi connectivity index (χ1n) is 6.12. The summed E-state index contributed by atoms with van der Waals surface area (Å²) in [6.07, 6.45) is -3.13. The topological polar surface area (TPSA) is 19.4 Å². The summed E-state index contributed by atoms with van der Waals surface area (Å²) in [6, 6.07) is 1.12. The molecule has 0 radical (unpaired) electrons. The molecule has 0 bridgehead atoms. The summed E-state index contributed by atoms with van der Waals surface area (Å²) in [4.78, 5) is 8.25. The molecule has 0 amide bonds. The van der Waals surface area contributed by atoms with Crippen molar-refractivity contribution in [3.63, 3.8) is 0 Å². The fourth-order valence-electron chi connectivity index (χ4n) is 2.11. The fraction of sp³-hybridized carbons (Fsp3) is 0.583. The Labute approximate surface area is 118 Å². The number of nitrogens with zero attached hydrogens (tertiary/aromatic N) is 3. The molecule has 1 aliphatic heterocycles. The highest BCUT2D eigenvalue weighted by atomic mass is 79.9. The van der Waals surface area contributed by atoms with Crippen LogP contribution in [0, 0.1) is 0 Å². The molecule has 0 spiro atoms. The summed E-state index contributed by atoms with van der Waals surface area (Å²) in [5.74, 6) is 0.395. The van der Waals surface area contributed by atoms with Crippen LogP contribution in [-0.2, 0) is 6.18 Å². The van der Waals surface area contributed by atoms with Gasteiger partial charge < -0.3 is 9.80 Å². The number of hydrogen-bond donors (Lipinski definition) is 0. The molecule has 1 saturated heterocycles. The lowest BCUT2D eigenvalue weighted by Gasteiger charge is -2.35. The van der Waals surface area contributed by atoms with E-state index >= 15 is 0 Å². The van der Waals surface area contributed by atoms with Crippen LogP contribution in [0.25, 0.3) is 0 Å². The number of halogens is 4. The summed E-state index contributed by atoms with van der Waals surface area (Å²) in [6.45, 7) is 6.18. The molecule has 106 valence electrons. The minimum Gasteiger partial charge on any atom is -0.354 e. The Hall–Kier alpha value is -0.820. The smallest absolute Gasteiger partial charge is 0.354 e. The first-order valence-corrected chi connectivity index (χ1v) is 6.91. The van der Waals surface area contributed by atoms with Gasteiger partial charge in [-0.05, 0) is 28.5 Å². The van der Waals surface area contributed by atoms with Crippen molar-refractivity contribution in [3.05, 3.63) is 22.3 Å². The fourth-order valence-corrected chi connectivity index (χ4v) is 2.55. The van der Waals surface area contributed by atoms with Gasteiger partial charge >= 0.3 is 6.18 Å². The minimum atomic E-state index is -4.36. The Kier molecular flexibility index (Phi) is 4.35. The second kappa shape index (κ2) is 5.66. The van der Waals surface area contributed by atoms with Crippen molar-refractivity contribution in [1.29, 1.82) is 0 Å². The number of anilines is 1. The van der Waals surface area contributed by atoms with Gasteiger partial charge in [-0.2, -0.15) is 13.2 Å². The predicted octanol–water partition coefficient (Wildman–Crippen LogP) is 3.00. The van der Waals surface area contributed by atoms with E-state index in [4.69, 9.17) is 0 Å². The molecule has 0 saturated carbocycles. The maximum absolute atomic E-state index is 12.8. The van der Waals surface area contributed by atoms with Gasteiger partial charge in [-0.15, -0.1) is 0 Å². The lowest BCUT2D eigenvalue weighted by Crippen LogP contribution is -2.46. The molecule has 19 heavy (non-hydrogen) atoms. The first-order chi connectivity index (χ1) is 8.91. The zero-order chi connectivity index (χ0) is 14.0. The molecule has 1 aromatic rings. The summed E-state index contributed by atoms with van der Waals surface area (Å²) < 4.78 is 38.5. The van der Waals surface area contributed by atoms with Crippen LogP contribution in [0.1, 0.15) is 12.5 Å². The summed E-state index contributed by atoms with van der Waals surface area (Å²) in [7, 11) is 0. The second-order valence-electron chi connectivity index (χ2n) is 4.44. The molecule has 3 nitrogen and oxygen atoms in total. The van der Waals surface area contributed by atoms with Gasteiger partial charge in [0.1, 0.15) is 5.82 Å². The summed E-state index contributed by atoms with van der Waals surface area (Å²) in [5, 5.41) is 0. The maximum atomic E-state index is 12.8. The van der Waals surface area contributed by atoms with Gasteiger partial charge in [-0.1, -0.05) is 6.92 Å². The Morgan fingerprint density at radius 1 is 1.26 bits per heavy atom. The number of rotatable bonds is 2. The maximum Gasteiger partial charge on any atom is 0.417 e. The Bertz CT molecular complexity index is 442. The lowest BCUT2D eigenvalue weighted by atomic mass is 10.2. The van der Waals surface area contributed by atoms with Crippen LogP contribution in [0.15, 0.2) is 16.7 Å². The standard InChI is InChI=1S/C12H15BrF3N3/c1-2-18-3-5-19(6-4-18)11-7-9(12(14,15)16)10(13)8-17-11/h7-8H,2-6H2,1H3. The van der Waals surface area contributed by atoms with E-state index in [1.54, 1.807) is 0 Å². The third kappa shape index (κ3) is 3.39. The van der Waals surface area contributed by atoms with E-state index in [1.807, 2.05) is 4.90 Å². The highest BCUT2D eigenvalue weighted by Crippen LogP contribution is 2.36. The monoisotopic (exact) mass is 337 g/mol. The second-order valence-corrected chi connectivity index (χ2v) is 5.30. The Morgan fingerprint density at radius 3 is 2.42 bits per heavy atom. The molecule has 1 fully saturated rings. The average molecular weight is 338 g/mol. The molecular weight excluding hydrogens is 323 g/mol. The highest BCUT2D eigenvalue weighted by Gasteiger charge is 2.34. The van der Waals surface area contributed by atoms with Crippen molar-refractivity contribution in [3.8, 4) is 0 Å². The molecule has 0 atom stereocenters. The first kappa shape index (κ1) is 14.6. The number of aromatic nitrogens is 1. The summed E-state index contributed by atoms with van der Waals surface area (Å²) in [5.41, 5.74) is -0.671. The van der Waals surface area contributed by atoms with Crippen molar-refractivity contribution in [1.82, 2.24) is 9.88 Å². The molecule has 0 N–H and O–H groups in total. The molecule has 1 aromatic heterocycles. The van der Waals surface area contributed by atoms with Crippen molar-refractivity contribution in [2.24, 2.45) is 0 Å². The van der Waals surface area contributed by atoms with Gasteiger partial charge in [0, 0.05) is 36.8 Å². The molecule has 2 heterocycles. The third-order valence-electron chi connectivity index (χ3n) is 3.29. The molecule has 0 unspecified atom stereocenters. The molecule has 0 aliphatic carbocycles. The van der Waals surface area contributed by atoms with E-state index < -0.39 is 11.7 Å². The number of likely N-dealkylation sites (N-methyl/N-ethyl adjacent to an activating group) is 1. The van der Waals surface area contributed by atoms with Crippen LogP contribution in [0.2, 0.25) is 0 Å². The Balaban J connectivity index is 2.18. The van der Waals surface area contributed by atoms with E-state index in [0.29, 0.717) is 18.9 Å². The quantitative estimate of drug-likeness (QED) is 0.826. The van der Waals surface area contributed by atoms with Crippen molar-refractivity contribution < 1.29 is 13.2 Å². The van der Waals surface area contributed by atoms with Gasteiger partial charge in [0.15, 0.2) is 0 Å². The third-order valence-corrected chi connectivity index (χ3v) is 3.92. The largest absolute Gasteiger partial charge is 0.417 e. The van der Waals surface area contributed by atoms with E-state index in [9.17, 15) is 13.2 Å². The molecule has 1 aliphatic rings. The molecule has 2 rings (SSSR count). The van der Waals surface area contributed by atoms with Gasteiger partial charge in [0.05, 0.1) is 5.56 Å². The predicted molar refractivity (Wildman–Crippen MR) is 71.3 cm³/mol. The van der Waals surface area contributed by atoms with Crippen LogP contribution in [-0.4, -0.2) is 42.6 Å². The van der Waals surface area contributed by atoms with E-state index in [1.165, 1.54) is 6.20 Å². The van der Waals surface area contributed by atoms with E-state index in [2.05, 4.69) is 32.7 Å². The zero-order valence-electron chi connectivity index (χ0n) is 10.5. The number of alkyl halides is 3. The lowest BCUT2D eigenvalue weighted by molar-refractivity contribution is -0.138. The van der Waals surface area contributed by atoms with Gasteiger partial charge in [-0.25, -0.2) is 4.98 Å². The van der Waals surface area contributed by atoms with E-state index in [-0.39, 0.29) is 4.47 Å². The van der Waals surface area contributed by atoms with Crippen LogP contribution < -0.4 is 4.90 Å². The van der Waals surface area contributed by atoms with Crippen molar-refractivity contribution in [2.75, 3.05) is 37.6 Å². The Morgan fingerprint density at radius 2 is 1.89 bits per heavy atom. The van der Waals surface area contributed by atoms with Crippen LogP contribution in [0.4, 0.5) is 19.0 Å². The van der Waals surface area contributed by atoms with Crippen molar-refractivity contribution in [2.45, 2.75) is 13.1 Å². The van der Waals surface area contributed by atoms with Gasteiger partial charge in [0.25, 0.3) is 0 Å². The minimum absolute atomic E-state index is 0.0176. The average Bonchev–Trinajstić information content (AvgIpc) is 2.38. The number of hydrogen-bond acceptors (Lipinski definition) is 3. The molecule has 0 aromatic carbocycles. The molecule has 7 heteroatoms. The van der Waals surface area contributed by atoms with Gasteiger partial charge in [0.2, 0.25) is 0 Å². The number of pyridine rings is 1. The summed E-state index contributed by atoms with van der Waals surface area (Å²) >= 11 is 2.90. The van der Waals surface area contributed by atoms with Crippen LogP contribution in [0.5, 0.6) is 0 Å². The van der Waals surface area contributed by atoms with Gasteiger partial charge in [-0.3, -0.25) is 0 Å². The number of piperazine rings is 1.